The van der Waals surface area contributed by atoms with Gasteiger partial charge in [0.2, 0.25) is 5.60 Å². The molecule has 1 unspecified atom stereocenters. The van der Waals surface area contributed by atoms with Gasteiger partial charge in [-0.1, -0.05) is 12.1 Å². The SMILES string of the molecule is Cc1ncc(-c2cn3c(-c4cc(C(O)(CO)C(F)(F)F)ccc4C)cnc3c(N)n2)o1. The van der Waals surface area contributed by atoms with E-state index in [-0.39, 0.29) is 5.82 Å². The van der Waals surface area contributed by atoms with Crippen LogP contribution in [0.1, 0.15) is 17.0 Å². The Labute approximate surface area is 173 Å². The molecule has 0 radical (unpaired) electrons. The van der Waals surface area contributed by atoms with Gasteiger partial charge in [0.15, 0.2) is 23.1 Å². The highest BCUT2D eigenvalue weighted by Gasteiger charge is 2.54. The monoisotopic (exact) mass is 433 g/mol. The lowest BCUT2D eigenvalue weighted by atomic mass is 9.90. The molecule has 0 aliphatic rings. The standard InChI is InChI=1S/C20H18F3N5O3/c1-10-3-4-12(19(30,9-29)20(21,22)23)5-13(10)15-6-26-18-17(24)27-14(8-28(15)18)16-7-25-11(2)31-16/h3-8,29-30H,9H2,1-2H3,(H2,24,27). The molecule has 1 aromatic carbocycles. The molecule has 1 atom stereocenters. The van der Waals surface area contributed by atoms with Crippen molar-refractivity contribution >= 4 is 11.5 Å². The van der Waals surface area contributed by atoms with Crippen LogP contribution in [0.3, 0.4) is 0 Å². The second-order valence-corrected chi connectivity index (χ2v) is 7.14. The molecule has 0 amide bonds. The molecule has 0 saturated carbocycles. The second kappa shape index (κ2) is 7.06. The molecule has 11 heteroatoms. The summed E-state index contributed by atoms with van der Waals surface area (Å²) in [6, 6.07) is 3.74. The quantitative estimate of drug-likeness (QED) is 0.452. The first-order chi connectivity index (χ1) is 14.5. The van der Waals surface area contributed by atoms with Gasteiger partial charge in [-0.05, 0) is 24.1 Å². The van der Waals surface area contributed by atoms with Gasteiger partial charge in [-0.15, -0.1) is 0 Å². The van der Waals surface area contributed by atoms with Gasteiger partial charge in [-0.25, -0.2) is 15.0 Å². The van der Waals surface area contributed by atoms with Crippen LogP contribution in [0.5, 0.6) is 0 Å². The molecule has 4 rings (SSSR count). The van der Waals surface area contributed by atoms with E-state index in [2.05, 4.69) is 15.0 Å². The Bertz CT molecular complexity index is 1280. The number of anilines is 1. The first kappa shape index (κ1) is 20.8. The summed E-state index contributed by atoms with van der Waals surface area (Å²) in [7, 11) is 0. The summed E-state index contributed by atoms with van der Waals surface area (Å²) in [6.45, 7) is 1.86. The van der Waals surface area contributed by atoms with Crippen LogP contribution in [0.4, 0.5) is 19.0 Å². The first-order valence-corrected chi connectivity index (χ1v) is 9.13. The van der Waals surface area contributed by atoms with E-state index in [4.69, 9.17) is 10.2 Å². The fourth-order valence-electron chi connectivity index (χ4n) is 3.31. The van der Waals surface area contributed by atoms with Crippen molar-refractivity contribution in [1.29, 1.82) is 0 Å². The summed E-state index contributed by atoms with van der Waals surface area (Å²) < 4.78 is 47.4. The van der Waals surface area contributed by atoms with Crippen molar-refractivity contribution in [2.45, 2.75) is 25.6 Å². The lowest BCUT2D eigenvalue weighted by Gasteiger charge is -2.29. The van der Waals surface area contributed by atoms with Crippen molar-refractivity contribution in [3.8, 4) is 22.7 Å². The van der Waals surface area contributed by atoms with Gasteiger partial charge >= 0.3 is 6.18 Å². The molecule has 31 heavy (non-hydrogen) atoms. The normalized spacial score (nSPS) is 14.2. The number of alkyl halides is 3. The van der Waals surface area contributed by atoms with E-state index in [1.165, 1.54) is 24.5 Å². The first-order valence-electron chi connectivity index (χ1n) is 9.13. The summed E-state index contributed by atoms with van der Waals surface area (Å²) in [5.41, 5.74) is 4.21. The van der Waals surface area contributed by atoms with Gasteiger partial charge < -0.3 is 20.4 Å². The van der Waals surface area contributed by atoms with Crippen LogP contribution in [-0.2, 0) is 5.60 Å². The van der Waals surface area contributed by atoms with Crippen molar-refractivity contribution in [3.05, 3.63) is 53.8 Å². The summed E-state index contributed by atoms with van der Waals surface area (Å²) in [6.07, 6.45) is -0.557. The number of nitrogens with zero attached hydrogens (tertiary/aromatic N) is 4. The van der Waals surface area contributed by atoms with Crippen LogP contribution < -0.4 is 5.73 Å². The third kappa shape index (κ3) is 3.31. The Morgan fingerprint density at radius 2 is 1.90 bits per heavy atom. The van der Waals surface area contributed by atoms with E-state index in [0.717, 1.165) is 6.07 Å². The van der Waals surface area contributed by atoms with Crippen LogP contribution in [0, 0.1) is 13.8 Å². The minimum absolute atomic E-state index is 0.0914. The van der Waals surface area contributed by atoms with E-state index in [1.54, 1.807) is 24.4 Å². The topological polar surface area (TPSA) is 123 Å². The van der Waals surface area contributed by atoms with Crippen LogP contribution >= 0.6 is 0 Å². The van der Waals surface area contributed by atoms with Gasteiger partial charge in [0.25, 0.3) is 0 Å². The molecule has 162 valence electrons. The predicted octanol–water partition coefficient (Wildman–Crippen LogP) is 2.99. The van der Waals surface area contributed by atoms with E-state index in [9.17, 15) is 23.4 Å². The molecule has 3 aromatic heterocycles. The number of hydrogen-bond donors (Lipinski definition) is 3. The minimum Gasteiger partial charge on any atom is -0.439 e. The summed E-state index contributed by atoms with van der Waals surface area (Å²) in [4.78, 5) is 12.5. The van der Waals surface area contributed by atoms with Gasteiger partial charge in [-0.2, -0.15) is 13.2 Å². The number of benzene rings is 1. The van der Waals surface area contributed by atoms with Crippen molar-refractivity contribution in [2.24, 2.45) is 0 Å². The Balaban J connectivity index is 1.92. The molecule has 0 aliphatic carbocycles. The van der Waals surface area contributed by atoms with Crippen molar-refractivity contribution in [3.63, 3.8) is 0 Å². The number of oxazole rings is 1. The highest BCUT2D eigenvalue weighted by molar-refractivity contribution is 5.74. The zero-order valence-electron chi connectivity index (χ0n) is 16.5. The van der Waals surface area contributed by atoms with E-state index >= 15 is 0 Å². The number of hydrogen-bond acceptors (Lipinski definition) is 7. The molecule has 4 N–H and O–H groups in total. The number of rotatable bonds is 4. The molecule has 4 aromatic rings. The van der Waals surface area contributed by atoms with E-state index < -0.39 is 23.9 Å². The Morgan fingerprint density at radius 1 is 1.16 bits per heavy atom. The molecule has 0 saturated heterocycles. The van der Waals surface area contributed by atoms with E-state index in [1.807, 2.05) is 0 Å². The fourth-order valence-corrected chi connectivity index (χ4v) is 3.31. The average molecular weight is 433 g/mol. The van der Waals surface area contributed by atoms with Crippen LogP contribution in [0.2, 0.25) is 0 Å². The third-order valence-electron chi connectivity index (χ3n) is 5.08. The highest BCUT2D eigenvalue weighted by Crippen LogP contribution is 2.40. The van der Waals surface area contributed by atoms with Crippen molar-refractivity contribution < 1.29 is 27.8 Å². The second-order valence-electron chi connectivity index (χ2n) is 7.14. The maximum atomic E-state index is 13.4. The number of aromatic nitrogens is 4. The number of halogens is 3. The summed E-state index contributed by atoms with van der Waals surface area (Å²) in [5, 5.41) is 19.5. The lowest BCUT2D eigenvalue weighted by Crippen LogP contribution is -2.45. The Hall–Kier alpha value is -3.44. The molecule has 0 spiro atoms. The van der Waals surface area contributed by atoms with Crippen molar-refractivity contribution in [2.75, 3.05) is 12.3 Å². The fraction of sp³-hybridized carbons (Fsp3) is 0.250. The number of aliphatic hydroxyl groups excluding tert-OH is 1. The lowest BCUT2D eigenvalue weighted by molar-refractivity contribution is -0.277. The zero-order chi connectivity index (χ0) is 22.6. The zero-order valence-corrected chi connectivity index (χ0v) is 16.5. The van der Waals surface area contributed by atoms with Crippen LogP contribution in [0.15, 0.2) is 41.2 Å². The predicted molar refractivity (Wildman–Crippen MR) is 105 cm³/mol. The van der Waals surface area contributed by atoms with Gasteiger partial charge in [-0.3, -0.25) is 4.40 Å². The number of aryl methyl sites for hydroxylation is 2. The van der Waals surface area contributed by atoms with Gasteiger partial charge in [0.05, 0.1) is 24.7 Å². The number of nitrogens with two attached hydrogens (primary N) is 1. The van der Waals surface area contributed by atoms with E-state index in [0.29, 0.717) is 39.8 Å². The Kier molecular flexibility index (Phi) is 4.74. The maximum Gasteiger partial charge on any atom is 0.423 e. The van der Waals surface area contributed by atoms with Gasteiger partial charge in [0, 0.05) is 18.7 Å². The molecule has 0 fully saturated rings. The minimum atomic E-state index is -5.07. The molecule has 0 aliphatic heterocycles. The molecule has 8 nitrogen and oxygen atoms in total. The molecular formula is C20H18F3N5O3. The molecule has 3 heterocycles. The summed E-state index contributed by atoms with van der Waals surface area (Å²) in [5.74, 6) is 0.886. The highest BCUT2D eigenvalue weighted by atomic mass is 19.4. The number of imidazole rings is 1. The third-order valence-corrected chi connectivity index (χ3v) is 5.08. The number of nitrogen functional groups attached to an aromatic ring is 1. The number of aliphatic hydroxyl groups is 2. The van der Waals surface area contributed by atoms with Crippen LogP contribution in [-0.4, -0.2) is 42.3 Å². The summed E-state index contributed by atoms with van der Waals surface area (Å²) >= 11 is 0. The van der Waals surface area contributed by atoms with Gasteiger partial charge in [0.1, 0.15) is 5.69 Å². The number of fused-ring (bicyclic) bond motifs is 1. The largest absolute Gasteiger partial charge is 0.439 e. The van der Waals surface area contributed by atoms with Crippen molar-refractivity contribution in [1.82, 2.24) is 19.4 Å². The maximum absolute atomic E-state index is 13.4. The Morgan fingerprint density at radius 3 is 2.52 bits per heavy atom. The smallest absolute Gasteiger partial charge is 0.423 e. The molecule has 0 bridgehead atoms. The van der Waals surface area contributed by atoms with Crippen LogP contribution in [0.25, 0.3) is 28.4 Å². The average Bonchev–Trinajstić information content (AvgIpc) is 3.33. The molecular weight excluding hydrogens is 415 g/mol.